The summed E-state index contributed by atoms with van der Waals surface area (Å²) in [5.74, 6) is -0.559. The van der Waals surface area contributed by atoms with Gasteiger partial charge in [-0.1, -0.05) is 12.1 Å². The summed E-state index contributed by atoms with van der Waals surface area (Å²) in [6.07, 6.45) is -4.72. The lowest BCUT2D eigenvalue weighted by molar-refractivity contribution is -0.274. The molecule has 0 bridgehead atoms. The molecule has 1 aromatic carbocycles. The topological polar surface area (TPSA) is 51.2 Å². The van der Waals surface area contributed by atoms with Crippen LogP contribution in [0.5, 0.6) is 5.75 Å². The van der Waals surface area contributed by atoms with Crippen LogP contribution in [0.4, 0.5) is 13.2 Å². The van der Waals surface area contributed by atoms with Gasteiger partial charge in [0.25, 0.3) is 5.91 Å². The predicted octanol–water partition coefficient (Wildman–Crippen LogP) is 3.84. The van der Waals surface area contributed by atoms with Gasteiger partial charge in [0.2, 0.25) is 0 Å². The molecule has 0 saturated heterocycles. The van der Waals surface area contributed by atoms with Crippen molar-refractivity contribution in [3.63, 3.8) is 0 Å². The second-order valence-electron chi connectivity index (χ2n) is 4.58. The number of nitrogens with one attached hydrogen (secondary N) is 1. The fourth-order valence-corrected chi connectivity index (χ4v) is 2.53. The number of aromatic nitrogens is 1. The number of carbonyl (C=O) groups is 1. The summed E-state index contributed by atoms with van der Waals surface area (Å²) in [5.41, 5.74) is 2.90. The van der Waals surface area contributed by atoms with Gasteiger partial charge >= 0.3 is 6.36 Å². The number of halogens is 3. The van der Waals surface area contributed by atoms with Crippen molar-refractivity contribution >= 4 is 17.2 Å². The third-order valence-corrected chi connectivity index (χ3v) is 3.84. The second kappa shape index (κ2) is 6.35. The average molecular weight is 330 g/mol. The van der Waals surface area contributed by atoms with E-state index in [9.17, 15) is 18.0 Å². The minimum atomic E-state index is -4.72. The van der Waals surface area contributed by atoms with Crippen molar-refractivity contribution in [2.24, 2.45) is 0 Å². The summed E-state index contributed by atoms with van der Waals surface area (Å²) in [6, 6.07) is 5.03. The lowest BCUT2D eigenvalue weighted by Crippen LogP contribution is -2.26. The van der Waals surface area contributed by atoms with Crippen molar-refractivity contribution in [2.75, 3.05) is 0 Å². The van der Waals surface area contributed by atoms with Crippen molar-refractivity contribution in [3.8, 4) is 5.75 Å². The van der Waals surface area contributed by atoms with Gasteiger partial charge in [-0.3, -0.25) is 4.79 Å². The van der Waals surface area contributed by atoms with Crippen LogP contribution in [-0.2, 0) is 0 Å². The molecule has 0 aliphatic heterocycles. The maximum atomic E-state index is 12.1. The minimum absolute atomic E-state index is 0.261. The first-order valence-electron chi connectivity index (χ1n) is 6.33. The van der Waals surface area contributed by atoms with Crippen molar-refractivity contribution in [1.29, 1.82) is 0 Å². The Balaban J connectivity index is 2.02. The van der Waals surface area contributed by atoms with Crippen LogP contribution in [-0.4, -0.2) is 17.3 Å². The van der Waals surface area contributed by atoms with Crippen LogP contribution in [0.25, 0.3) is 0 Å². The van der Waals surface area contributed by atoms with Gasteiger partial charge in [0.15, 0.2) is 0 Å². The fraction of sp³-hybridized carbons (Fsp3) is 0.286. The van der Waals surface area contributed by atoms with Gasteiger partial charge in [0, 0.05) is 0 Å². The highest BCUT2D eigenvalue weighted by Crippen LogP contribution is 2.24. The van der Waals surface area contributed by atoms with Crippen LogP contribution < -0.4 is 10.1 Å². The van der Waals surface area contributed by atoms with Gasteiger partial charge in [0.1, 0.15) is 10.6 Å². The van der Waals surface area contributed by atoms with Gasteiger partial charge in [-0.25, -0.2) is 4.98 Å². The highest BCUT2D eigenvalue weighted by atomic mass is 32.1. The average Bonchev–Trinajstić information content (AvgIpc) is 2.84. The zero-order chi connectivity index (χ0) is 16.3. The molecule has 22 heavy (non-hydrogen) atoms. The molecule has 1 unspecified atom stereocenters. The Morgan fingerprint density at radius 2 is 1.95 bits per heavy atom. The van der Waals surface area contributed by atoms with Crippen molar-refractivity contribution in [2.45, 2.75) is 26.3 Å². The fourth-order valence-electron chi connectivity index (χ4n) is 1.82. The number of ether oxygens (including phenoxy) is 1. The number of aryl methyl sites for hydroxylation is 1. The van der Waals surface area contributed by atoms with Crippen LogP contribution in [0.15, 0.2) is 29.8 Å². The molecule has 2 aromatic rings. The molecule has 0 radical (unpaired) electrons. The van der Waals surface area contributed by atoms with E-state index in [1.807, 2.05) is 0 Å². The Hall–Kier alpha value is -2.09. The van der Waals surface area contributed by atoms with E-state index in [-0.39, 0.29) is 17.7 Å². The van der Waals surface area contributed by atoms with E-state index < -0.39 is 6.36 Å². The Labute approximate surface area is 128 Å². The number of hydrogen-bond acceptors (Lipinski definition) is 4. The third kappa shape index (κ3) is 4.20. The van der Waals surface area contributed by atoms with E-state index in [1.54, 1.807) is 19.4 Å². The molecule has 0 spiro atoms. The van der Waals surface area contributed by atoms with E-state index in [1.165, 1.54) is 35.6 Å². The Kier molecular flexibility index (Phi) is 4.70. The van der Waals surface area contributed by atoms with Crippen LogP contribution in [0.1, 0.15) is 33.9 Å². The van der Waals surface area contributed by atoms with Crippen molar-refractivity contribution in [1.82, 2.24) is 10.3 Å². The molecule has 2 rings (SSSR count). The molecule has 1 atom stereocenters. The van der Waals surface area contributed by atoms with Gasteiger partial charge in [-0.05, 0) is 31.5 Å². The summed E-state index contributed by atoms with van der Waals surface area (Å²) in [4.78, 5) is 16.6. The lowest BCUT2D eigenvalue weighted by atomic mass is 10.1. The summed E-state index contributed by atoms with van der Waals surface area (Å²) in [6.45, 7) is 3.48. The maximum Gasteiger partial charge on any atom is 0.573 e. The van der Waals surface area contributed by atoms with Crippen molar-refractivity contribution in [3.05, 3.63) is 45.9 Å². The van der Waals surface area contributed by atoms with Crippen molar-refractivity contribution < 1.29 is 22.7 Å². The standard InChI is InChI=1S/C14H13F3N2O2S/c1-8(19-13(20)12-9(2)18-7-22-12)10-3-5-11(6-4-10)21-14(15,16)17/h3-8H,1-2H3,(H,19,20). The van der Waals surface area contributed by atoms with E-state index in [4.69, 9.17) is 0 Å². The quantitative estimate of drug-likeness (QED) is 0.926. The van der Waals surface area contributed by atoms with E-state index in [0.717, 1.165) is 0 Å². The normalized spacial score (nSPS) is 12.8. The summed E-state index contributed by atoms with van der Waals surface area (Å²) in [5, 5.41) is 2.78. The van der Waals surface area contributed by atoms with Gasteiger partial charge in [0.05, 0.1) is 17.2 Å². The molecule has 8 heteroatoms. The van der Waals surface area contributed by atoms with Crippen LogP contribution in [0.3, 0.4) is 0 Å². The Bertz CT molecular complexity index is 653. The summed E-state index contributed by atoms with van der Waals surface area (Å²) < 4.78 is 40.0. The van der Waals surface area contributed by atoms with E-state index >= 15 is 0 Å². The number of thiazole rings is 1. The number of rotatable bonds is 4. The minimum Gasteiger partial charge on any atom is -0.406 e. The molecule has 0 aliphatic carbocycles. The molecule has 1 aromatic heterocycles. The molecule has 1 heterocycles. The first kappa shape index (κ1) is 16.3. The smallest absolute Gasteiger partial charge is 0.406 e. The van der Waals surface area contributed by atoms with Crippen LogP contribution >= 0.6 is 11.3 Å². The summed E-state index contributed by atoms with van der Waals surface area (Å²) in [7, 11) is 0. The Morgan fingerprint density at radius 1 is 1.32 bits per heavy atom. The molecule has 0 saturated carbocycles. The second-order valence-corrected chi connectivity index (χ2v) is 5.43. The molecule has 1 amide bonds. The summed E-state index contributed by atoms with van der Waals surface area (Å²) >= 11 is 1.24. The number of hydrogen-bond donors (Lipinski definition) is 1. The highest BCUT2D eigenvalue weighted by molar-refractivity contribution is 7.11. The number of benzene rings is 1. The molecule has 0 aliphatic rings. The highest BCUT2D eigenvalue weighted by Gasteiger charge is 2.31. The Morgan fingerprint density at radius 3 is 2.45 bits per heavy atom. The van der Waals surface area contributed by atoms with Gasteiger partial charge < -0.3 is 10.1 Å². The number of alkyl halides is 3. The molecule has 1 N–H and O–H groups in total. The largest absolute Gasteiger partial charge is 0.573 e. The van der Waals surface area contributed by atoms with E-state index in [2.05, 4.69) is 15.0 Å². The molecular weight excluding hydrogens is 317 g/mol. The maximum absolute atomic E-state index is 12.1. The van der Waals surface area contributed by atoms with Gasteiger partial charge in [-0.2, -0.15) is 0 Å². The first-order valence-corrected chi connectivity index (χ1v) is 7.21. The monoisotopic (exact) mass is 330 g/mol. The third-order valence-electron chi connectivity index (χ3n) is 2.91. The molecular formula is C14H13F3N2O2S. The van der Waals surface area contributed by atoms with Gasteiger partial charge in [-0.15, -0.1) is 24.5 Å². The van der Waals surface area contributed by atoms with Crippen LogP contribution in [0.2, 0.25) is 0 Å². The van der Waals surface area contributed by atoms with Crippen LogP contribution in [0, 0.1) is 6.92 Å². The first-order chi connectivity index (χ1) is 10.3. The number of nitrogens with zero attached hydrogens (tertiary/aromatic N) is 1. The molecule has 118 valence electrons. The molecule has 0 fully saturated rings. The number of carbonyl (C=O) groups excluding carboxylic acids is 1. The predicted molar refractivity (Wildman–Crippen MR) is 75.9 cm³/mol. The SMILES string of the molecule is Cc1ncsc1C(=O)NC(C)c1ccc(OC(F)(F)F)cc1. The zero-order valence-corrected chi connectivity index (χ0v) is 12.6. The number of amides is 1. The lowest BCUT2D eigenvalue weighted by Gasteiger charge is -2.15. The zero-order valence-electron chi connectivity index (χ0n) is 11.8. The molecule has 4 nitrogen and oxygen atoms in total. The van der Waals surface area contributed by atoms with E-state index in [0.29, 0.717) is 16.1 Å².